The Morgan fingerprint density at radius 3 is 2.79 bits per heavy atom. The third-order valence-corrected chi connectivity index (χ3v) is 6.14. The van der Waals surface area contributed by atoms with Gasteiger partial charge in [0, 0.05) is 17.5 Å². The molecule has 3 aromatic heterocycles. The number of rotatable bonds is 2. The van der Waals surface area contributed by atoms with E-state index in [0.29, 0.717) is 28.3 Å². The van der Waals surface area contributed by atoms with Crippen molar-refractivity contribution in [2.75, 3.05) is 13.1 Å². The Labute approximate surface area is 170 Å². The van der Waals surface area contributed by atoms with Gasteiger partial charge in [-0.25, -0.2) is 18.9 Å². The number of halogens is 2. The molecule has 2 N–H and O–H groups in total. The molecule has 0 amide bonds. The van der Waals surface area contributed by atoms with Gasteiger partial charge in [-0.1, -0.05) is 0 Å². The van der Waals surface area contributed by atoms with E-state index in [1.807, 2.05) is 13.0 Å². The van der Waals surface area contributed by atoms with E-state index in [-0.39, 0.29) is 24.0 Å². The van der Waals surface area contributed by atoms with Gasteiger partial charge in [0.2, 0.25) is 0 Å². The Morgan fingerprint density at radius 1 is 1.21 bits per heavy atom. The van der Waals surface area contributed by atoms with Crippen LogP contribution in [0.3, 0.4) is 0 Å². The van der Waals surface area contributed by atoms with Crippen LogP contribution in [0.15, 0.2) is 24.4 Å². The third kappa shape index (κ3) is 3.21. The van der Waals surface area contributed by atoms with E-state index < -0.39 is 0 Å². The van der Waals surface area contributed by atoms with E-state index in [9.17, 15) is 9.50 Å². The molecule has 0 spiro atoms. The Bertz CT molecular complexity index is 1170. The van der Waals surface area contributed by atoms with Gasteiger partial charge in [-0.15, -0.1) is 23.7 Å². The molecule has 9 heteroatoms. The molecule has 1 fully saturated rings. The van der Waals surface area contributed by atoms with Crippen LogP contribution in [0.25, 0.3) is 27.1 Å². The van der Waals surface area contributed by atoms with Gasteiger partial charge < -0.3 is 10.4 Å². The topological polar surface area (TPSA) is 75.3 Å². The lowest BCUT2D eigenvalue weighted by Gasteiger charge is -2.20. The van der Waals surface area contributed by atoms with Crippen molar-refractivity contribution in [3.05, 3.63) is 40.9 Å². The van der Waals surface area contributed by atoms with Gasteiger partial charge >= 0.3 is 0 Å². The predicted molar refractivity (Wildman–Crippen MR) is 110 cm³/mol. The molecule has 0 aliphatic carbocycles. The highest BCUT2D eigenvalue weighted by molar-refractivity contribution is 7.18. The molecule has 0 saturated carbocycles. The lowest BCUT2D eigenvalue weighted by molar-refractivity contribution is 0.459. The van der Waals surface area contributed by atoms with Gasteiger partial charge in [-0.05, 0) is 45.0 Å². The fraction of sp³-hybridized carbons (Fsp3) is 0.316. The highest BCUT2D eigenvalue weighted by Crippen LogP contribution is 2.36. The number of aryl methyl sites for hydroxylation is 1. The van der Waals surface area contributed by atoms with Crippen LogP contribution in [0, 0.1) is 12.7 Å². The Balaban J connectivity index is 0.00000192. The van der Waals surface area contributed by atoms with Gasteiger partial charge in [-0.2, -0.15) is 5.10 Å². The smallest absolute Gasteiger partial charge is 0.196 e. The van der Waals surface area contributed by atoms with E-state index in [0.717, 1.165) is 41.3 Å². The zero-order chi connectivity index (χ0) is 18.5. The van der Waals surface area contributed by atoms with Gasteiger partial charge in [0.25, 0.3) is 0 Å². The molecule has 1 aliphatic heterocycles. The zero-order valence-electron chi connectivity index (χ0n) is 15.1. The summed E-state index contributed by atoms with van der Waals surface area (Å²) < 4.78 is 17.1. The summed E-state index contributed by atoms with van der Waals surface area (Å²) in [5.74, 6) is 0.0504. The fourth-order valence-corrected chi connectivity index (χ4v) is 4.80. The number of fused-ring (bicyclic) bond motifs is 2. The normalized spacial score (nSPS) is 15.2. The number of aromatic hydroxyl groups is 1. The molecule has 4 heterocycles. The molecule has 6 nitrogen and oxygen atoms in total. The van der Waals surface area contributed by atoms with Crippen molar-refractivity contribution < 1.29 is 9.50 Å². The lowest BCUT2D eigenvalue weighted by Crippen LogP contribution is -2.26. The maximum absolute atomic E-state index is 14.8. The Hall–Kier alpha value is -2.29. The first kappa shape index (κ1) is 19.0. The molecule has 28 heavy (non-hydrogen) atoms. The van der Waals surface area contributed by atoms with E-state index in [1.165, 1.54) is 16.6 Å². The summed E-state index contributed by atoms with van der Waals surface area (Å²) in [6.07, 6.45) is 3.79. The first-order valence-corrected chi connectivity index (χ1v) is 9.77. The quantitative estimate of drug-likeness (QED) is 0.512. The molecule has 0 atom stereocenters. The summed E-state index contributed by atoms with van der Waals surface area (Å²) in [5.41, 5.74) is 2.68. The fourth-order valence-electron chi connectivity index (χ4n) is 3.61. The second kappa shape index (κ2) is 7.27. The standard InChI is InChI=1S/C19H18FN5OS.ClH/c1-10-9-25-18(22-10)15(26)8-14(24-25)12-6-13(20)17-16(7-12)27-19(23-17)11-2-4-21-5-3-11;/h6-9,11,21,26H,2-5H2,1H3;1H. The average molecular weight is 420 g/mol. The highest BCUT2D eigenvalue weighted by Gasteiger charge is 2.21. The molecule has 0 unspecified atom stereocenters. The van der Waals surface area contributed by atoms with Gasteiger partial charge in [-0.3, -0.25) is 0 Å². The molecule has 0 bridgehead atoms. The third-order valence-electron chi connectivity index (χ3n) is 4.98. The Morgan fingerprint density at radius 2 is 2.00 bits per heavy atom. The van der Waals surface area contributed by atoms with Gasteiger partial charge in [0.05, 0.1) is 27.3 Å². The summed E-state index contributed by atoms with van der Waals surface area (Å²) >= 11 is 1.55. The number of nitrogens with zero attached hydrogens (tertiary/aromatic N) is 4. The first-order chi connectivity index (χ1) is 13.1. The van der Waals surface area contributed by atoms with E-state index in [4.69, 9.17) is 0 Å². The van der Waals surface area contributed by atoms with Gasteiger partial charge in [0.15, 0.2) is 17.2 Å². The van der Waals surface area contributed by atoms with Crippen LogP contribution in [0.5, 0.6) is 5.75 Å². The molecule has 1 aliphatic rings. The van der Waals surface area contributed by atoms with Crippen LogP contribution in [-0.4, -0.2) is 37.8 Å². The van der Waals surface area contributed by atoms with Crippen molar-refractivity contribution in [3.8, 4) is 17.0 Å². The van der Waals surface area contributed by atoms with Crippen LogP contribution in [0.2, 0.25) is 0 Å². The number of aromatic nitrogens is 4. The van der Waals surface area contributed by atoms with Crippen molar-refractivity contribution in [2.45, 2.75) is 25.7 Å². The number of hydrogen-bond acceptors (Lipinski definition) is 6. The van der Waals surface area contributed by atoms with Crippen molar-refractivity contribution in [1.29, 1.82) is 0 Å². The molecule has 1 aromatic carbocycles. The summed E-state index contributed by atoms with van der Waals surface area (Å²) in [6.45, 7) is 3.78. The molecular weight excluding hydrogens is 401 g/mol. The molecule has 1 saturated heterocycles. The minimum atomic E-state index is -0.359. The largest absolute Gasteiger partial charge is 0.504 e. The molecular formula is C19H19ClFN5OS. The van der Waals surface area contributed by atoms with E-state index in [1.54, 1.807) is 17.5 Å². The summed E-state index contributed by atoms with van der Waals surface area (Å²) in [5, 5.41) is 19.1. The molecule has 4 aromatic rings. The second-order valence-corrected chi connectivity index (χ2v) is 8.01. The van der Waals surface area contributed by atoms with Crippen LogP contribution < -0.4 is 5.32 Å². The van der Waals surface area contributed by atoms with Crippen molar-refractivity contribution in [3.63, 3.8) is 0 Å². The molecule has 5 rings (SSSR count). The van der Waals surface area contributed by atoms with Crippen molar-refractivity contribution in [2.24, 2.45) is 0 Å². The van der Waals surface area contributed by atoms with Crippen LogP contribution in [0.1, 0.15) is 29.5 Å². The van der Waals surface area contributed by atoms with Crippen LogP contribution in [-0.2, 0) is 0 Å². The minimum Gasteiger partial charge on any atom is -0.504 e. The van der Waals surface area contributed by atoms with Crippen molar-refractivity contribution in [1.82, 2.24) is 24.9 Å². The molecule has 0 radical (unpaired) electrons. The number of imidazole rings is 1. The second-order valence-electron chi connectivity index (χ2n) is 6.95. The minimum absolute atomic E-state index is 0. The zero-order valence-corrected chi connectivity index (χ0v) is 16.8. The summed E-state index contributed by atoms with van der Waals surface area (Å²) in [6, 6.07) is 4.86. The summed E-state index contributed by atoms with van der Waals surface area (Å²) in [4.78, 5) is 8.81. The van der Waals surface area contributed by atoms with Crippen LogP contribution >= 0.6 is 23.7 Å². The predicted octanol–water partition coefficient (Wildman–Crippen LogP) is 4.05. The van der Waals surface area contributed by atoms with E-state index >= 15 is 0 Å². The Kier molecular flexibility index (Phi) is 4.95. The maximum Gasteiger partial charge on any atom is 0.196 e. The number of benzene rings is 1. The summed E-state index contributed by atoms with van der Waals surface area (Å²) in [7, 11) is 0. The van der Waals surface area contributed by atoms with E-state index in [2.05, 4.69) is 20.4 Å². The van der Waals surface area contributed by atoms with Gasteiger partial charge in [0.1, 0.15) is 5.52 Å². The average Bonchev–Trinajstić information content (AvgIpc) is 3.26. The highest BCUT2D eigenvalue weighted by atomic mass is 35.5. The molecule has 146 valence electrons. The monoisotopic (exact) mass is 419 g/mol. The lowest BCUT2D eigenvalue weighted by atomic mass is 9.99. The maximum atomic E-state index is 14.8. The van der Waals surface area contributed by atoms with Crippen LogP contribution in [0.4, 0.5) is 4.39 Å². The number of nitrogens with one attached hydrogen (secondary N) is 1. The van der Waals surface area contributed by atoms with Crippen molar-refractivity contribution >= 4 is 39.6 Å². The first-order valence-electron chi connectivity index (χ1n) is 8.95. The SMILES string of the molecule is Cc1cn2nc(-c3cc(F)c4nc(C5CCNCC5)sc4c3)cc(O)c2n1.Cl. The number of piperidine rings is 1. The number of hydrogen-bond donors (Lipinski definition) is 2. The number of thiazole rings is 1.